The van der Waals surface area contributed by atoms with Gasteiger partial charge in [-0.25, -0.2) is 0 Å². The molecule has 1 aliphatic carbocycles. The summed E-state index contributed by atoms with van der Waals surface area (Å²) in [6.07, 6.45) is 12.9. The summed E-state index contributed by atoms with van der Waals surface area (Å²) >= 11 is 0. The van der Waals surface area contributed by atoms with Gasteiger partial charge >= 0.3 is 0 Å². The van der Waals surface area contributed by atoms with Crippen LogP contribution in [-0.2, 0) is 0 Å². The van der Waals surface area contributed by atoms with E-state index in [0.717, 1.165) is 18.4 Å². The second kappa shape index (κ2) is 7.61. The summed E-state index contributed by atoms with van der Waals surface area (Å²) in [5, 5.41) is 0. The second-order valence-corrected chi connectivity index (χ2v) is 5.50. The average molecular weight is 288 g/mol. The van der Waals surface area contributed by atoms with Crippen LogP contribution < -0.4 is 0 Å². The molecule has 0 unspecified atom stereocenters. The largest absolute Gasteiger partial charge is 0.0990 e. The Hall–Kier alpha value is -2.34. The summed E-state index contributed by atoms with van der Waals surface area (Å²) in [7, 11) is 0. The van der Waals surface area contributed by atoms with Crippen LogP contribution in [0.1, 0.15) is 32.3 Å². The highest BCUT2D eigenvalue weighted by Gasteiger charge is 2.13. The first kappa shape index (κ1) is 16.0. The maximum absolute atomic E-state index is 4.25. The van der Waals surface area contributed by atoms with Crippen molar-refractivity contribution in [3.8, 4) is 0 Å². The van der Waals surface area contributed by atoms with Crippen molar-refractivity contribution in [1.29, 1.82) is 0 Å². The zero-order valence-electron chi connectivity index (χ0n) is 13.6. The number of hydrogen-bond acceptors (Lipinski definition) is 0. The van der Waals surface area contributed by atoms with E-state index < -0.39 is 0 Å². The quantitative estimate of drug-likeness (QED) is 0.560. The number of benzene rings is 1. The topological polar surface area (TPSA) is 0 Å². The third-order valence-corrected chi connectivity index (χ3v) is 4.04. The summed E-state index contributed by atoms with van der Waals surface area (Å²) in [4.78, 5) is 0. The minimum Gasteiger partial charge on any atom is -0.0990 e. The van der Waals surface area contributed by atoms with Crippen LogP contribution in [0.15, 0.2) is 96.2 Å². The molecule has 0 saturated carbocycles. The highest BCUT2D eigenvalue weighted by Crippen LogP contribution is 2.32. The van der Waals surface area contributed by atoms with Crippen LogP contribution in [-0.4, -0.2) is 0 Å². The van der Waals surface area contributed by atoms with E-state index in [1.165, 1.54) is 27.9 Å². The van der Waals surface area contributed by atoms with Crippen LogP contribution in [0, 0.1) is 0 Å². The van der Waals surface area contributed by atoms with E-state index >= 15 is 0 Å². The summed E-state index contributed by atoms with van der Waals surface area (Å²) < 4.78 is 0. The van der Waals surface area contributed by atoms with Gasteiger partial charge in [0.1, 0.15) is 0 Å². The fraction of sp³-hybridized carbons (Fsp3) is 0.182. The van der Waals surface area contributed by atoms with Crippen molar-refractivity contribution in [2.45, 2.75) is 26.7 Å². The lowest BCUT2D eigenvalue weighted by molar-refractivity contribution is 0.949. The molecule has 22 heavy (non-hydrogen) atoms. The van der Waals surface area contributed by atoms with Crippen LogP contribution in [0.25, 0.3) is 5.57 Å². The minimum absolute atomic E-state index is 1.08. The van der Waals surface area contributed by atoms with Crippen LogP contribution in [0.4, 0.5) is 0 Å². The summed E-state index contributed by atoms with van der Waals surface area (Å²) in [5.41, 5.74) is 7.40. The molecule has 0 heterocycles. The monoisotopic (exact) mass is 288 g/mol. The standard InChI is InChI=1S/C22H24/c1-5-11-22-19(6-2)14-10-15-21(22)16-17(3)18(4)20-12-8-7-9-13-20/h5-9,11-13,15-16H,1,4,10,14H2,2-3H3/b17-16-,19-6-,22-11+. The van der Waals surface area contributed by atoms with Gasteiger partial charge in [-0.15, -0.1) is 0 Å². The van der Waals surface area contributed by atoms with Crippen molar-refractivity contribution < 1.29 is 0 Å². The molecule has 0 aliphatic heterocycles. The van der Waals surface area contributed by atoms with Gasteiger partial charge < -0.3 is 0 Å². The molecule has 0 bridgehead atoms. The van der Waals surface area contributed by atoms with Crippen molar-refractivity contribution in [3.63, 3.8) is 0 Å². The molecule has 0 amide bonds. The van der Waals surface area contributed by atoms with Gasteiger partial charge in [0.25, 0.3) is 0 Å². The Labute approximate surface area is 134 Å². The van der Waals surface area contributed by atoms with Gasteiger partial charge in [-0.1, -0.05) is 73.9 Å². The lowest BCUT2D eigenvalue weighted by atomic mass is 9.86. The molecule has 0 atom stereocenters. The van der Waals surface area contributed by atoms with Gasteiger partial charge in [-0.05, 0) is 60.1 Å². The Morgan fingerprint density at radius 3 is 2.55 bits per heavy atom. The molecule has 0 radical (unpaired) electrons. The zero-order chi connectivity index (χ0) is 15.9. The van der Waals surface area contributed by atoms with Gasteiger partial charge in [0, 0.05) is 0 Å². The molecule has 0 aromatic heterocycles. The maximum atomic E-state index is 4.25. The van der Waals surface area contributed by atoms with Crippen LogP contribution in [0.3, 0.4) is 0 Å². The number of hydrogen-bond donors (Lipinski definition) is 0. The van der Waals surface area contributed by atoms with E-state index in [2.05, 4.69) is 75.6 Å². The smallest absolute Gasteiger partial charge is 0.0158 e. The van der Waals surface area contributed by atoms with Crippen LogP contribution >= 0.6 is 0 Å². The number of allylic oxidation sites excluding steroid dienone is 10. The Morgan fingerprint density at radius 2 is 1.91 bits per heavy atom. The molecule has 0 nitrogen and oxygen atoms in total. The van der Waals surface area contributed by atoms with E-state index in [-0.39, 0.29) is 0 Å². The van der Waals surface area contributed by atoms with Gasteiger partial charge in [0.2, 0.25) is 0 Å². The van der Waals surface area contributed by atoms with Crippen LogP contribution in [0.5, 0.6) is 0 Å². The van der Waals surface area contributed by atoms with Gasteiger partial charge in [-0.3, -0.25) is 0 Å². The molecule has 2 rings (SSSR count). The first-order valence-corrected chi connectivity index (χ1v) is 7.79. The summed E-state index contributed by atoms with van der Waals surface area (Å²) in [6.45, 7) is 12.3. The van der Waals surface area contributed by atoms with Gasteiger partial charge in [0.15, 0.2) is 0 Å². The van der Waals surface area contributed by atoms with E-state index in [1.807, 2.05) is 12.1 Å². The van der Waals surface area contributed by atoms with Crippen molar-refractivity contribution in [1.82, 2.24) is 0 Å². The molecule has 112 valence electrons. The minimum atomic E-state index is 1.08. The average Bonchev–Trinajstić information content (AvgIpc) is 2.56. The normalized spacial score (nSPS) is 19.2. The predicted molar refractivity (Wildman–Crippen MR) is 98.6 cm³/mol. The Bertz CT molecular complexity index is 676. The highest BCUT2D eigenvalue weighted by molar-refractivity contribution is 5.78. The fourth-order valence-electron chi connectivity index (χ4n) is 2.76. The molecular weight excluding hydrogens is 264 g/mol. The Kier molecular flexibility index (Phi) is 5.55. The first-order chi connectivity index (χ1) is 10.7. The van der Waals surface area contributed by atoms with Crippen LogP contribution in [0.2, 0.25) is 0 Å². The van der Waals surface area contributed by atoms with E-state index in [4.69, 9.17) is 0 Å². The Morgan fingerprint density at radius 1 is 1.18 bits per heavy atom. The van der Waals surface area contributed by atoms with Crippen molar-refractivity contribution in [2.75, 3.05) is 0 Å². The molecule has 1 aromatic carbocycles. The summed E-state index contributed by atoms with van der Waals surface area (Å²) in [5.74, 6) is 0. The van der Waals surface area contributed by atoms with Crippen molar-refractivity contribution in [3.05, 3.63) is 102 Å². The Balaban J connectivity index is 2.34. The SMILES string of the molecule is C=C/C=C1/C(/C=C(/C)C(=C)c2ccccc2)=CCC/C1=C/C. The molecule has 0 heteroatoms. The molecule has 1 aromatic rings. The van der Waals surface area contributed by atoms with E-state index in [1.54, 1.807) is 0 Å². The lowest BCUT2D eigenvalue weighted by Crippen LogP contribution is -2.00. The predicted octanol–water partition coefficient (Wildman–Crippen LogP) is 6.43. The maximum Gasteiger partial charge on any atom is -0.0158 e. The molecule has 0 fully saturated rings. The molecule has 1 aliphatic rings. The zero-order valence-corrected chi connectivity index (χ0v) is 13.6. The number of rotatable bonds is 4. The van der Waals surface area contributed by atoms with E-state index in [9.17, 15) is 0 Å². The molecule has 0 saturated heterocycles. The second-order valence-electron chi connectivity index (χ2n) is 5.50. The molecular formula is C22H24. The third kappa shape index (κ3) is 3.65. The highest BCUT2D eigenvalue weighted by atomic mass is 14.2. The van der Waals surface area contributed by atoms with Crippen molar-refractivity contribution >= 4 is 5.57 Å². The van der Waals surface area contributed by atoms with Gasteiger partial charge in [-0.2, -0.15) is 0 Å². The van der Waals surface area contributed by atoms with Crippen molar-refractivity contribution in [2.24, 2.45) is 0 Å². The van der Waals surface area contributed by atoms with Gasteiger partial charge in [0.05, 0.1) is 0 Å². The summed E-state index contributed by atoms with van der Waals surface area (Å²) in [6, 6.07) is 10.3. The first-order valence-electron chi connectivity index (χ1n) is 7.79. The lowest BCUT2D eigenvalue weighted by Gasteiger charge is -2.19. The molecule has 0 N–H and O–H groups in total. The molecule has 0 spiro atoms. The third-order valence-electron chi connectivity index (χ3n) is 4.04. The fourth-order valence-corrected chi connectivity index (χ4v) is 2.76. The van der Waals surface area contributed by atoms with E-state index in [0.29, 0.717) is 0 Å².